The molecule has 12 heteroatoms. The molecule has 0 saturated carbocycles. The number of benzene rings is 2. The van der Waals surface area contributed by atoms with Gasteiger partial charge in [0.25, 0.3) is 0 Å². The number of ether oxygens (including phenoxy) is 2. The Bertz CT molecular complexity index is 1190. The number of halogens is 7. The van der Waals surface area contributed by atoms with Gasteiger partial charge in [0.1, 0.15) is 11.5 Å². The van der Waals surface area contributed by atoms with Crippen LogP contribution in [-0.4, -0.2) is 35.2 Å². The van der Waals surface area contributed by atoms with Crippen molar-refractivity contribution in [3.05, 3.63) is 71.4 Å². The molecule has 0 saturated heterocycles. The fourth-order valence-electron chi connectivity index (χ4n) is 3.40. The van der Waals surface area contributed by atoms with Crippen molar-refractivity contribution >= 4 is 5.95 Å². The molecule has 2 aromatic carbocycles. The maximum atomic E-state index is 13.3. The molecule has 1 heterocycles. The Kier molecular flexibility index (Phi) is 8.82. The van der Waals surface area contributed by atoms with Gasteiger partial charge in [0.05, 0.1) is 6.42 Å². The number of anilines is 1. The van der Waals surface area contributed by atoms with Crippen LogP contribution in [0.5, 0.6) is 17.4 Å². The average molecular weight is 531 g/mol. The quantitative estimate of drug-likeness (QED) is 0.243. The van der Waals surface area contributed by atoms with Crippen LogP contribution in [0.4, 0.5) is 36.7 Å². The number of hydrogen-bond donors (Lipinski definition) is 0. The molecule has 200 valence electrons. The van der Waals surface area contributed by atoms with Crippen LogP contribution in [0.1, 0.15) is 30.0 Å². The molecule has 3 rings (SSSR count). The lowest BCUT2D eigenvalue weighted by Crippen LogP contribution is -2.33. The molecule has 0 bridgehead atoms. The van der Waals surface area contributed by atoms with Gasteiger partial charge in [-0.15, -0.1) is 0 Å². The molecule has 3 aromatic rings. The van der Waals surface area contributed by atoms with Crippen LogP contribution < -0.4 is 14.4 Å². The first-order chi connectivity index (χ1) is 17.4. The highest BCUT2D eigenvalue weighted by molar-refractivity contribution is 5.39. The van der Waals surface area contributed by atoms with Gasteiger partial charge in [-0.05, 0) is 54.3 Å². The third kappa shape index (κ3) is 8.22. The molecule has 0 aliphatic carbocycles. The third-order valence-electron chi connectivity index (χ3n) is 5.27. The maximum absolute atomic E-state index is 13.3. The van der Waals surface area contributed by atoms with E-state index >= 15 is 0 Å². The number of rotatable bonds is 11. The van der Waals surface area contributed by atoms with E-state index < -0.39 is 37.4 Å². The van der Waals surface area contributed by atoms with Crippen LogP contribution in [0.15, 0.2) is 54.7 Å². The summed E-state index contributed by atoms with van der Waals surface area (Å²) in [4.78, 5) is 9.45. The Labute approximate surface area is 208 Å². The summed E-state index contributed by atoms with van der Waals surface area (Å²) in [6, 6.07) is 11.6. The van der Waals surface area contributed by atoms with Crippen LogP contribution in [0, 0.1) is 6.92 Å². The van der Waals surface area contributed by atoms with Crippen molar-refractivity contribution in [2.45, 2.75) is 51.9 Å². The fourth-order valence-corrected chi connectivity index (χ4v) is 3.40. The molecule has 0 fully saturated rings. The molecule has 0 N–H and O–H groups in total. The molecule has 0 spiro atoms. The van der Waals surface area contributed by atoms with E-state index in [-0.39, 0.29) is 23.9 Å². The fraction of sp³-hybridized carbons (Fsp3) is 0.360. The summed E-state index contributed by atoms with van der Waals surface area (Å²) in [6.07, 6.45) is -12.4. The highest BCUT2D eigenvalue weighted by Crippen LogP contribution is 2.30. The van der Waals surface area contributed by atoms with E-state index in [0.717, 1.165) is 29.7 Å². The summed E-state index contributed by atoms with van der Waals surface area (Å²) in [5, 5.41) is 0. The van der Waals surface area contributed by atoms with Gasteiger partial charge < -0.3 is 14.4 Å². The van der Waals surface area contributed by atoms with Crippen molar-refractivity contribution in [2.24, 2.45) is 0 Å². The largest absolute Gasteiger partial charge is 0.461 e. The smallest absolute Gasteiger partial charge is 0.439 e. The summed E-state index contributed by atoms with van der Waals surface area (Å²) in [6.45, 7) is 3.14. The molecule has 5 nitrogen and oxygen atoms in total. The molecule has 0 aliphatic heterocycles. The highest BCUT2D eigenvalue weighted by Gasteiger charge is 2.44. The summed E-state index contributed by atoms with van der Waals surface area (Å²) in [5.41, 5.74) is 2.35. The second kappa shape index (κ2) is 11.7. The lowest BCUT2D eigenvalue weighted by Gasteiger charge is -2.24. The first kappa shape index (κ1) is 28.0. The van der Waals surface area contributed by atoms with E-state index in [4.69, 9.17) is 4.74 Å². The molecule has 0 unspecified atom stereocenters. The summed E-state index contributed by atoms with van der Waals surface area (Å²) in [5.74, 6) is -0.100. The Morgan fingerprint density at radius 1 is 0.973 bits per heavy atom. The van der Waals surface area contributed by atoms with E-state index in [1.165, 1.54) is 29.3 Å². The van der Waals surface area contributed by atoms with Gasteiger partial charge >= 0.3 is 18.7 Å². The Balaban J connectivity index is 1.85. The van der Waals surface area contributed by atoms with Crippen LogP contribution in [0.25, 0.3) is 0 Å². The predicted octanol–water partition coefficient (Wildman–Crippen LogP) is 7.34. The number of nitrogens with zero attached hydrogens (tertiary/aromatic N) is 3. The minimum Gasteiger partial charge on any atom is -0.439 e. The standard InChI is InChI=1S/C25H24F7N3O2/c1-3-18-14-19(8-7-16(18)2)36-21-9-11-33-23(34-21)35(12-10-24(28,29)30)15-17-5-4-6-20(13-17)37-25(31,32)22(26)27/h4-9,11,13-14,22H,3,10,12,15H2,1-2H3. The van der Waals surface area contributed by atoms with E-state index in [9.17, 15) is 30.7 Å². The molecule has 0 atom stereocenters. The number of hydrogen-bond acceptors (Lipinski definition) is 5. The van der Waals surface area contributed by atoms with Crippen molar-refractivity contribution in [2.75, 3.05) is 11.4 Å². The zero-order valence-corrected chi connectivity index (χ0v) is 19.9. The summed E-state index contributed by atoms with van der Waals surface area (Å²) >= 11 is 0. The maximum Gasteiger partial charge on any atom is 0.461 e. The van der Waals surface area contributed by atoms with Crippen molar-refractivity contribution in [3.63, 3.8) is 0 Å². The zero-order valence-electron chi connectivity index (χ0n) is 19.9. The SMILES string of the molecule is CCc1cc(Oc2ccnc(N(CCC(F)(F)F)Cc3cccc(OC(F)(F)C(F)F)c3)n2)ccc1C. The van der Waals surface area contributed by atoms with Crippen LogP contribution in [0.2, 0.25) is 0 Å². The molecule has 37 heavy (non-hydrogen) atoms. The van der Waals surface area contributed by atoms with Gasteiger partial charge in [0, 0.05) is 25.4 Å². The lowest BCUT2D eigenvalue weighted by atomic mass is 10.1. The minimum absolute atomic E-state index is 0.0848. The molecule has 0 radical (unpaired) electrons. The van der Waals surface area contributed by atoms with Crippen LogP contribution in [0.3, 0.4) is 0 Å². The van der Waals surface area contributed by atoms with E-state index in [1.54, 1.807) is 6.07 Å². The predicted molar refractivity (Wildman–Crippen MR) is 122 cm³/mol. The van der Waals surface area contributed by atoms with E-state index in [2.05, 4.69) is 14.7 Å². The molecule has 1 aromatic heterocycles. The summed E-state index contributed by atoms with van der Waals surface area (Å²) in [7, 11) is 0. The minimum atomic E-state index is -4.73. The lowest BCUT2D eigenvalue weighted by molar-refractivity contribution is -0.253. The number of alkyl halides is 7. The van der Waals surface area contributed by atoms with Crippen LogP contribution >= 0.6 is 0 Å². The van der Waals surface area contributed by atoms with Crippen molar-refractivity contribution in [1.82, 2.24) is 9.97 Å². The average Bonchev–Trinajstić information content (AvgIpc) is 2.82. The molecule has 0 aliphatic rings. The van der Waals surface area contributed by atoms with Gasteiger partial charge in [-0.1, -0.05) is 25.1 Å². The Hall–Kier alpha value is -3.57. The molecular formula is C25H24F7N3O2. The monoisotopic (exact) mass is 531 g/mol. The first-order valence-electron chi connectivity index (χ1n) is 11.2. The topological polar surface area (TPSA) is 47.5 Å². The Morgan fingerprint density at radius 2 is 1.73 bits per heavy atom. The summed E-state index contributed by atoms with van der Waals surface area (Å²) < 4.78 is 100. The molecular weight excluding hydrogens is 507 g/mol. The second-order valence-electron chi connectivity index (χ2n) is 8.14. The van der Waals surface area contributed by atoms with Gasteiger partial charge in [0.15, 0.2) is 0 Å². The van der Waals surface area contributed by atoms with E-state index in [0.29, 0.717) is 5.75 Å². The second-order valence-corrected chi connectivity index (χ2v) is 8.14. The third-order valence-corrected chi connectivity index (χ3v) is 5.27. The van der Waals surface area contributed by atoms with Gasteiger partial charge in [-0.2, -0.15) is 35.7 Å². The van der Waals surface area contributed by atoms with Crippen molar-refractivity contribution in [3.8, 4) is 17.4 Å². The van der Waals surface area contributed by atoms with Gasteiger partial charge in [-0.25, -0.2) is 4.98 Å². The van der Waals surface area contributed by atoms with Gasteiger partial charge in [0.2, 0.25) is 11.8 Å². The molecule has 0 amide bonds. The zero-order chi connectivity index (χ0) is 27.2. The highest BCUT2D eigenvalue weighted by atomic mass is 19.4. The number of aryl methyl sites for hydroxylation is 2. The number of aromatic nitrogens is 2. The van der Waals surface area contributed by atoms with Crippen molar-refractivity contribution in [1.29, 1.82) is 0 Å². The van der Waals surface area contributed by atoms with Gasteiger partial charge in [-0.3, -0.25) is 0 Å². The van der Waals surface area contributed by atoms with Crippen LogP contribution in [-0.2, 0) is 13.0 Å². The van der Waals surface area contributed by atoms with Crippen molar-refractivity contribution < 1.29 is 40.2 Å². The van der Waals surface area contributed by atoms with E-state index in [1.807, 2.05) is 26.0 Å². The Morgan fingerprint density at radius 3 is 2.41 bits per heavy atom. The first-order valence-corrected chi connectivity index (χ1v) is 11.2. The normalized spacial score (nSPS) is 12.1.